The number of halogens is 1. The first kappa shape index (κ1) is 15.3. The average molecular weight is 271 g/mol. The molecule has 0 aliphatic heterocycles. The second-order valence-electron chi connectivity index (χ2n) is 4.81. The van der Waals surface area contributed by atoms with E-state index < -0.39 is 0 Å². The van der Waals surface area contributed by atoms with Crippen molar-refractivity contribution in [3.8, 4) is 0 Å². The van der Waals surface area contributed by atoms with Crippen LogP contribution < -0.4 is 10.6 Å². The number of ether oxygens (including phenoxy) is 1. The van der Waals surface area contributed by atoms with Gasteiger partial charge in [0.2, 0.25) is 0 Å². The van der Waals surface area contributed by atoms with Crippen LogP contribution in [0.25, 0.3) is 0 Å². The van der Waals surface area contributed by atoms with Gasteiger partial charge >= 0.3 is 0 Å². The molecule has 0 aliphatic rings. The molecule has 0 bridgehead atoms. The molecule has 0 heterocycles. The number of hydrogen-bond donors (Lipinski definition) is 1. The van der Waals surface area contributed by atoms with Crippen molar-refractivity contribution in [1.82, 2.24) is 0 Å². The van der Waals surface area contributed by atoms with Crippen molar-refractivity contribution in [3.05, 3.63) is 28.8 Å². The fraction of sp³-hybridized carbons (Fsp3) is 0.571. The summed E-state index contributed by atoms with van der Waals surface area (Å²) in [7, 11) is 1.72. The summed E-state index contributed by atoms with van der Waals surface area (Å²) in [6.45, 7) is 7.45. The van der Waals surface area contributed by atoms with Gasteiger partial charge < -0.3 is 15.4 Å². The Kier molecular flexibility index (Phi) is 6.47. The van der Waals surface area contributed by atoms with Gasteiger partial charge in [0, 0.05) is 37.5 Å². The lowest BCUT2D eigenvalue weighted by molar-refractivity contribution is 0.204. The molecule has 0 unspecified atom stereocenters. The SMILES string of the molecule is COCCN(CC(C)C)c1ccc(CN)c(Cl)c1. The highest BCUT2D eigenvalue weighted by Gasteiger charge is 2.10. The van der Waals surface area contributed by atoms with Crippen molar-refractivity contribution in [3.63, 3.8) is 0 Å². The van der Waals surface area contributed by atoms with Gasteiger partial charge in [0.1, 0.15) is 0 Å². The number of rotatable bonds is 7. The summed E-state index contributed by atoms with van der Waals surface area (Å²) in [4.78, 5) is 2.29. The van der Waals surface area contributed by atoms with Gasteiger partial charge in [0.15, 0.2) is 0 Å². The second kappa shape index (κ2) is 7.62. The zero-order valence-corrected chi connectivity index (χ0v) is 12.2. The maximum Gasteiger partial charge on any atom is 0.0637 e. The molecular weight excluding hydrogens is 248 g/mol. The number of nitrogens with zero attached hydrogens (tertiary/aromatic N) is 1. The van der Waals surface area contributed by atoms with Crippen LogP contribution in [0, 0.1) is 5.92 Å². The number of nitrogens with two attached hydrogens (primary N) is 1. The minimum Gasteiger partial charge on any atom is -0.383 e. The molecule has 0 aromatic heterocycles. The molecule has 0 fully saturated rings. The first-order valence-corrected chi connectivity index (χ1v) is 6.68. The number of methoxy groups -OCH3 is 1. The highest BCUT2D eigenvalue weighted by Crippen LogP contribution is 2.24. The van der Waals surface area contributed by atoms with Crippen LogP contribution in [-0.4, -0.2) is 26.8 Å². The fourth-order valence-electron chi connectivity index (χ4n) is 1.87. The van der Waals surface area contributed by atoms with Gasteiger partial charge in [-0.15, -0.1) is 0 Å². The Bertz CT molecular complexity index is 369. The van der Waals surface area contributed by atoms with Crippen LogP contribution in [0.3, 0.4) is 0 Å². The Balaban J connectivity index is 2.86. The number of anilines is 1. The molecule has 4 heteroatoms. The summed E-state index contributed by atoms with van der Waals surface area (Å²) >= 11 is 6.21. The molecule has 1 rings (SSSR count). The molecule has 0 saturated carbocycles. The zero-order chi connectivity index (χ0) is 13.5. The lowest BCUT2D eigenvalue weighted by Gasteiger charge is -2.27. The van der Waals surface area contributed by atoms with E-state index in [0.717, 1.165) is 29.4 Å². The lowest BCUT2D eigenvalue weighted by Crippen LogP contribution is -2.31. The summed E-state index contributed by atoms with van der Waals surface area (Å²) in [6, 6.07) is 6.06. The largest absolute Gasteiger partial charge is 0.383 e. The van der Waals surface area contributed by atoms with E-state index in [1.807, 2.05) is 12.1 Å². The van der Waals surface area contributed by atoms with E-state index in [-0.39, 0.29) is 0 Å². The molecule has 0 saturated heterocycles. The third-order valence-corrected chi connectivity index (χ3v) is 3.12. The topological polar surface area (TPSA) is 38.5 Å². The summed E-state index contributed by atoms with van der Waals surface area (Å²) in [5, 5.41) is 0.737. The summed E-state index contributed by atoms with van der Waals surface area (Å²) < 4.78 is 5.16. The van der Waals surface area contributed by atoms with Crippen LogP contribution in [0.1, 0.15) is 19.4 Å². The van der Waals surface area contributed by atoms with Gasteiger partial charge in [0.25, 0.3) is 0 Å². The standard InChI is InChI=1S/C14H23ClN2O/c1-11(2)10-17(6-7-18-3)13-5-4-12(9-16)14(15)8-13/h4-5,8,11H,6-7,9-10,16H2,1-3H3. The molecule has 0 atom stereocenters. The van der Waals surface area contributed by atoms with Crippen molar-refractivity contribution < 1.29 is 4.74 Å². The maximum atomic E-state index is 6.21. The zero-order valence-electron chi connectivity index (χ0n) is 11.4. The van der Waals surface area contributed by atoms with Gasteiger partial charge in [-0.2, -0.15) is 0 Å². The van der Waals surface area contributed by atoms with Crippen LogP contribution in [0.15, 0.2) is 18.2 Å². The Morgan fingerprint density at radius 3 is 2.61 bits per heavy atom. The summed E-state index contributed by atoms with van der Waals surface area (Å²) in [5.74, 6) is 0.592. The van der Waals surface area contributed by atoms with Gasteiger partial charge in [-0.3, -0.25) is 0 Å². The van der Waals surface area contributed by atoms with Crippen molar-refractivity contribution in [2.75, 3.05) is 31.7 Å². The van der Waals surface area contributed by atoms with Crippen molar-refractivity contribution in [2.45, 2.75) is 20.4 Å². The summed E-state index contributed by atoms with van der Waals surface area (Å²) in [6.07, 6.45) is 0. The molecular formula is C14H23ClN2O. The van der Waals surface area contributed by atoms with Crippen LogP contribution in [0.4, 0.5) is 5.69 Å². The van der Waals surface area contributed by atoms with E-state index in [2.05, 4.69) is 24.8 Å². The first-order valence-electron chi connectivity index (χ1n) is 6.30. The lowest BCUT2D eigenvalue weighted by atomic mass is 10.1. The smallest absolute Gasteiger partial charge is 0.0637 e. The van der Waals surface area contributed by atoms with Crippen LogP contribution >= 0.6 is 11.6 Å². The van der Waals surface area contributed by atoms with E-state index in [4.69, 9.17) is 22.1 Å². The Morgan fingerprint density at radius 2 is 2.11 bits per heavy atom. The predicted molar refractivity (Wildman–Crippen MR) is 78.3 cm³/mol. The van der Waals surface area contributed by atoms with Gasteiger partial charge in [-0.05, 0) is 23.6 Å². The van der Waals surface area contributed by atoms with E-state index in [1.165, 1.54) is 0 Å². The third kappa shape index (κ3) is 4.48. The van der Waals surface area contributed by atoms with E-state index in [9.17, 15) is 0 Å². The molecule has 2 N–H and O–H groups in total. The van der Waals surface area contributed by atoms with Crippen LogP contribution in [0.2, 0.25) is 5.02 Å². The van der Waals surface area contributed by atoms with E-state index in [0.29, 0.717) is 19.1 Å². The highest BCUT2D eigenvalue weighted by atomic mass is 35.5. The molecule has 102 valence electrons. The van der Waals surface area contributed by atoms with Crippen LogP contribution in [-0.2, 0) is 11.3 Å². The van der Waals surface area contributed by atoms with Crippen molar-refractivity contribution >= 4 is 17.3 Å². The highest BCUT2D eigenvalue weighted by molar-refractivity contribution is 6.31. The summed E-state index contributed by atoms with van der Waals surface area (Å²) in [5.41, 5.74) is 7.73. The molecule has 0 spiro atoms. The monoisotopic (exact) mass is 270 g/mol. The van der Waals surface area contributed by atoms with Gasteiger partial charge in [0.05, 0.1) is 6.61 Å². The minimum absolute atomic E-state index is 0.474. The number of benzene rings is 1. The molecule has 3 nitrogen and oxygen atoms in total. The quantitative estimate of drug-likeness (QED) is 0.828. The van der Waals surface area contributed by atoms with E-state index in [1.54, 1.807) is 7.11 Å². The average Bonchev–Trinajstić information content (AvgIpc) is 2.34. The second-order valence-corrected chi connectivity index (χ2v) is 5.22. The van der Waals surface area contributed by atoms with E-state index >= 15 is 0 Å². The third-order valence-electron chi connectivity index (χ3n) is 2.77. The Hall–Kier alpha value is -0.770. The fourth-order valence-corrected chi connectivity index (χ4v) is 2.12. The minimum atomic E-state index is 0.474. The predicted octanol–water partition coefficient (Wildman–Crippen LogP) is 2.91. The molecule has 18 heavy (non-hydrogen) atoms. The normalized spacial score (nSPS) is 11.0. The molecule has 1 aromatic rings. The van der Waals surface area contributed by atoms with Gasteiger partial charge in [-0.25, -0.2) is 0 Å². The van der Waals surface area contributed by atoms with Crippen LogP contribution in [0.5, 0.6) is 0 Å². The molecule has 0 radical (unpaired) electrons. The maximum absolute atomic E-state index is 6.21. The molecule has 0 amide bonds. The van der Waals surface area contributed by atoms with Gasteiger partial charge in [-0.1, -0.05) is 31.5 Å². The Labute approximate surface area is 115 Å². The first-order chi connectivity index (χ1) is 8.58. The molecule has 1 aromatic carbocycles. The van der Waals surface area contributed by atoms with Crippen molar-refractivity contribution in [2.24, 2.45) is 11.7 Å². The Morgan fingerprint density at radius 1 is 1.39 bits per heavy atom. The van der Waals surface area contributed by atoms with Crippen molar-refractivity contribution in [1.29, 1.82) is 0 Å². The molecule has 0 aliphatic carbocycles. The number of hydrogen-bond acceptors (Lipinski definition) is 3.